The normalized spacial score (nSPS) is 13.6. The summed E-state index contributed by atoms with van der Waals surface area (Å²) in [5.74, 6) is -1.58. The zero-order valence-electron chi connectivity index (χ0n) is 10.7. The summed E-state index contributed by atoms with van der Waals surface area (Å²) in [6.07, 6.45) is -4.39. The van der Waals surface area contributed by atoms with E-state index in [1.165, 1.54) is 19.1 Å². The van der Waals surface area contributed by atoms with Gasteiger partial charge in [-0.1, -0.05) is 25.1 Å². The Labute approximate surface area is 109 Å². The Morgan fingerprint density at radius 2 is 1.95 bits per heavy atom. The van der Waals surface area contributed by atoms with Gasteiger partial charge in [-0.25, -0.2) is 0 Å². The maximum Gasteiger partial charge on any atom is 0.416 e. The third-order valence-corrected chi connectivity index (χ3v) is 2.77. The molecule has 0 fully saturated rings. The van der Waals surface area contributed by atoms with Gasteiger partial charge in [0.2, 0.25) is 0 Å². The molecule has 0 amide bonds. The molecular weight excluding hydrogens is 259 g/mol. The van der Waals surface area contributed by atoms with Crippen LogP contribution in [0.2, 0.25) is 0 Å². The van der Waals surface area contributed by atoms with Gasteiger partial charge in [-0.3, -0.25) is 4.79 Å². The second-order valence-electron chi connectivity index (χ2n) is 4.59. The van der Waals surface area contributed by atoms with Crippen LogP contribution in [0.5, 0.6) is 0 Å². The van der Waals surface area contributed by atoms with Crippen molar-refractivity contribution < 1.29 is 23.1 Å². The third kappa shape index (κ3) is 4.55. The van der Waals surface area contributed by atoms with Crippen LogP contribution in [0, 0.1) is 5.92 Å². The van der Waals surface area contributed by atoms with Crippen molar-refractivity contribution in [2.45, 2.75) is 19.6 Å². The first-order valence-electron chi connectivity index (χ1n) is 5.78. The number of hydrogen-bond acceptors (Lipinski definition) is 2. The molecule has 0 radical (unpaired) electrons. The van der Waals surface area contributed by atoms with Gasteiger partial charge in [0.05, 0.1) is 11.5 Å². The van der Waals surface area contributed by atoms with Crippen molar-refractivity contribution in [3.05, 3.63) is 35.4 Å². The minimum atomic E-state index is -4.39. The van der Waals surface area contributed by atoms with E-state index in [2.05, 4.69) is 0 Å². The molecule has 0 aromatic heterocycles. The van der Waals surface area contributed by atoms with Gasteiger partial charge in [0.1, 0.15) is 0 Å². The van der Waals surface area contributed by atoms with Crippen LogP contribution in [0.4, 0.5) is 13.2 Å². The lowest BCUT2D eigenvalue weighted by Gasteiger charge is -2.21. The number of alkyl halides is 3. The van der Waals surface area contributed by atoms with Crippen LogP contribution in [0.15, 0.2) is 24.3 Å². The first-order chi connectivity index (χ1) is 8.71. The van der Waals surface area contributed by atoms with Gasteiger partial charge < -0.3 is 10.0 Å². The number of carbonyl (C=O) groups is 1. The van der Waals surface area contributed by atoms with Crippen molar-refractivity contribution >= 4 is 5.97 Å². The average Bonchev–Trinajstić information content (AvgIpc) is 2.27. The molecule has 1 unspecified atom stereocenters. The molecule has 0 heterocycles. The number of hydrogen-bond donors (Lipinski definition) is 1. The number of aliphatic carboxylic acids is 1. The Kier molecular flexibility index (Phi) is 4.94. The molecule has 0 aliphatic rings. The molecule has 0 bridgehead atoms. The van der Waals surface area contributed by atoms with Crippen molar-refractivity contribution in [1.29, 1.82) is 0 Å². The van der Waals surface area contributed by atoms with E-state index in [1.807, 2.05) is 0 Å². The SMILES string of the molecule is CC(CN(C)Cc1ccccc1C(F)(F)F)C(=O)O. The third-order valence-electron chi connectivity index (χ3n) is 2.77. The summed E-state index contributed by atoms with van der Waals surface area (Å²) in [7, 11) is 1.60. The zero-order valence-corrected chi connectivity index (χ0v) is 10.7. The fraction of sp³-hybridized carbons (Fsp3) is 0.462. The minimum absolute atomic E-state index is 0.0628. The second-order valence-corrected chi connectivity index (χ2v) is 4.59. The minimum Gasteiger partial charge on any atom is -0.481 e. The standard InChI is InChI=1S/C13H16F3NO2/c1-9(12(18)19)7-17(2)8-10-5-3-4-6-11(10)13(14,15)16/h3-6,9H,7-8H2,1-2H3,(H,18,19). The maximum absolute atomic E-state index is 12.8. The van der Waals surface area contributed by atoms with Crippen molar-refractivity contribution in [1.82, 2.24) is 4.90 Å². The van der Waals surface area contributed by atoms with Crippen LogP contribution in [-0.2, 0) is 17.5 Å². The second kappa shape index (κ2) is 6.06. The highest BCUT2D eigenvalue weighted by molar-refractivity contribution is 5.69. The summed E-state index contributed by atoms with van der Waals surface area (Å²) in [6.45, 7) is 1.78. The quantitative estimate of drug-likeness (QED) is 0.898. The van der Waals surface area contributed by atoms with Crippen LogP contribution < -0.4 is 0 Å². The molecule has 106 valence electrons. The molecule has 1 atom stereocenters. The van der Waals surface area contributed by atoms with Crippen LogP contribution in [0.25, 0.3) is 0 Å². The zero-order chi connectivity index (χ0) is 14.6. The van der Waals surface area contributed by atoms with Crippen molar-refractivity contribution in [3.63, 3.8) is 0 Å². The monoisotopic (exact) mass is 275 g/mol. The lowest BCUT2D eigenvalue weighted by Crippen LogP contribution is -2.29. The fourth-order valence-electron chi connectivity index (χ4n) is 1.84. The van der Waals surface area contributed by atoms with Crippen LogP contribution >= 0.6 is 0 Å². The maximum atomic E-state index is 12.8. The summed E-state index contributed by atoms with van der Waals surface area (Å²) in [5.41, 5.74) is -0.528. The molecule has 6 heteroatoms. The Bertz CT molecular complexity index is 446. The number of rotatable bonds is 5. The molecule has 3 nitrogen and oxygen atoms in total. The highest BCUT2D eigenvalue weighted by Gasteiger charge is 2.33. The molecule has 1 N–H and O–H groups in total. The van der Waals surface area contributed by atoms with Crippen molar-refractivity contribution in [2.75, 3.05) is 13.6 Å². The highest BCUT2D eigenvalue weighted by atomic mass is 19.4. The summed E-state index contributed by atoms with van der Waals surface area (Å²) >= 11 is 0. The molecule has 19 heavy (non-hydrogen) atoms. The van der Waals surface area contributed by atoms with E-state index in [0.717, 1.165) is 6.07 Å². The predicted octanol–water partition coefficient (Wildman–Crippen LogP) is 2.86. The Hall–Kier alpha value is -1.56. The van der Waals surface area contributed by atoms with Gasteiger partial charge >= 0.3 is 12.1 Å². The van der Waals surface area contributed by atoms with Gasteiger partial charge in [0.25, 0.3) is 0 Å². The number of carboxylic acid groups (broad SMARTS) is 1. The van der Waals surface area contributed by atoms with E-state index in [1.54, 1.807) is 18.0 Å². The number of carboxylic acids is 1. The van der Waals surface area contributed by atoms with E-state index < -0.39 is 23.6 Å². The van der Waals surface area contributed by atoms with Gasteiger partial charge in [0.15, 0.2) is 0 Å². The highest BCUT2D eigenvalue weighted by Crippen LogP contribution is 2.32. The topological polar surface area (TPSA) is 40.5 Å². The summed E-state index contributed by atoms with van der Waals surface area (Å²) in [4.78, 5) is 12.3. The smallest absolute Gasteiger partial charge is 0.416 e. The Morgan fingerprint density at radius 3 is 2.47 bits per heavy atom. The molecule has 0 spiro atoms. The average molecular weight is 275 g/mol. The van der Waals surface area contributed by atoms with E-state index in [0.29, 0.717) is 0 Å². The molecular formula is C13H16F3NO2. The van der Waals surface area contributed by atoms with Gasteiger partial charge in [-0.05, 0) is 18.7 Å². The van der Waals surface area contributed by atoms with E-state index in [4.69, 9.17) is 5.11 Å². The van der Waals surface area contributed by atoms with Crippen LogP contribution in [-0.4, -0.2) is 29.6 Å². The molecule has 0 aliphatic heterocycles. The molecule has 1 rings (SSSR count). The van der Waals surface area contributed by atoms with Crippen molar-refractivity contribution in [2.24, 2.45) is 5.92 Å². The lowest BCUT2D eigenvalue weighted by atomic mass is 10.1. The van der Waals surface area contributed by atoms with Crippen LogP contribution in [0.1, 0.15) is 18.1 Å². The number of nitrogens with zero attached hydrogens (tertiary/aromatic N) is 1. The fourth-order valence-corrected chi connectivity index (χ4v) is 1.84. The van der Waals surface area contributed by atoms with E-state index in [9.17, 15) is 18.0 Å². The molecule has 1 aromatic rings. The van der Waals surface area contributed by atoms with Gasteiger partial charge in [0, 0.05) is 13.1 Å². The van der Waals surface area contributed by atoms with Crippen LogP contribution in [0.3, 0.4) is 0 Å². The predicted molar refractivity (Wildman–Crippen MR) is 64.6 cm³/mol. The molecule has 0 saturated carbocycles. The largest absolute Gasteiger partial charge is 0.481 e. The number of halogens is 3. The van der Waals surface area contributed by atoms with Gasteiger partial charge in [-0.15, -0.1) is 0 Å². The Morgan fingerprint density at radius 1 is 1.37 bits per heavy atom. The molecule has 0 saturated heterocycles. The first kappa shape index (κ1) is 15.5. The van der Waals surface area contributed by atoms with Gasteiger partial charge in [-0.2, -0.15) is 13.2 Å². The lowest BCUT2D eigenvalue weighted by molar-refractivity contribution is -0.142. The molecule has 1 aromatic carbocycles. The summed E-state index contributed by atoms with van der Waals surface area (Å²) in [6, 6.07) is 5.32. The first-order valence-corrected chi connectivity index (χ1v) is 5.78. The van der Waals surface area contributed by atoms with E-state index >= 15 is 0 Å². The molecule has 0 aliphatic carbocycles. The summed E-state index contributed by atoms with van der Waals surface area (Å²) in [5, 5.41) is 8.77. The van der Waals surface area contributed by atoms with Crippen molar-refractivity contribution in [3.8, 4) is 0 Å². The summed E-state index contributed by atoms with van der Waals surface area (Å²) < 4.78 is 38.3. The van der Waals surface area contributed by atoms with E-state index in [-0.39, 0.29) is 18.7 Å². The Balaban J connectivity index is 2.80. The number of benzene rings is 1.